The highest BCUT2D eigenvalue weighted by Crippen LogP contribution is 2.32. The topological polar surface area (TPSA) is 120 Å². The Morgan fingerprint density at radius 2 is 2.11 bits per heavy atom. The highest BCUT2D eigenvalue weighted by molar-refractivity contribution is 7.13. The number of nitro benzene ring substituents is 1. The van der Waals surface area contributed by atoms with E-state index in [1.165, 1.54) is 17.4 Å². The summed E-state index contributed by atoms with van der Waals surface area (Å²) in [7, 11) is 0. The van der Waals surface area contributed by atoms with Crippen LogP contribution in [0.3, 0.4) is 0 Å². The third-order valence-electron chi connectivity index (χ3n) is 2.09. The van der Waals surface area contributed by atoms with Crippen LogP contribution < -0.4 is 11.5 Å². The zero-order valence-corrected chi connectivity index (χ0v) is 9.92. The molecule has 0 saturated heterocycles. The summed E-state index contributed by atoms with van der Waals surface area (Å²) >= 11 is 1.21. The molecule has 1 aromatic carbocycles. The quantitative estimate of drug-likeness (QED) is 0.377. The number of benzene rings is 1. The number of hydrogen-bond acceptors (Lipinski definition) is 5. The lowest BCUT2D eigenvalue weighted by atomic mass is 10.1. The van der Waals surface area contributed by atoms with Gasteiger partial charge in [-0.3, -0.25) is 10.1 Å². The van der Waals surface area contributed by atoms with Gasteiger partial charge in [0.05, 0.1) is 16.2 Å². The van der Waals surface area contributed by atoms with Crippen LogP contribution >= 0.6 is 11.3 Å². The Balaban J connectivity index is 2.46. The van der Waals surface area contributed by atoms with Crippen molar-refractivity contribution in [3.63, 3.8) is 0 Å². The van der Waals surface area contributed by atoms with Crippen molar-refractivity contribution in [3.8, 4) is 11.3 Å². The van der Waals surface area contributed by atoms with Gasteiger partial charge in [-0.2, -0.15) is 4.99 Å². The van der Waals surface area contributed by atoms with Crippen molar-refractivity contribution in [2.24, 2.45) is 16.5 Å². The summed E-state index contributed by atoms with van der Waals surface area (Å²) in [5, 5.41) is 12.9. The Bertz CT molecular complexity index is 618. The molecule has 92 valence electrons. The molecule has 7 nitrogen and oxygen atoms in total. The van der Waals surface area contributed by atoms with Gasteiger partial charge in [-0.15, -0.1) is 11.3 Å². The molecule has 0 aliphatic heterocycles. The molecule has 0 atom stereocenters. The molecule has 0 unspecified atom stereocenters. The Morgan fingerprint density at radius 3 is 2.78 bits per heavy atom. The van der Waals surface area contributed by atoms with Gasteiger partial charge in [0, 0.05) is 11.4 Å². The van der Waals surface area contributed by atoms with Gasteiger partial charge in [0.2, 0.25) is 5.13 Å². The number of nitro groups is 1. The fourth-order valence-electron chi connectivity index (χ4n) is 1.40. The Hall–Kier alpha value is -2.48. The lowest BCUT2D eigenvalue weighted by Crippen LogP contribution is -2.21. The molecule has 0 amide bonds. The molecule has 0 fully saturated rings. The lowest BCUT2D eigenvalue weighted by molar-refractivity contribution is -0.384. The Morgan fingerprint density at radius 1 is 1.39 bits per heavy atom. The number of nitrogens with zero attached hydrogens (tertiary/aromatic N) is 3. The van der Waals surface area contributed by atoms with Gasteiger partial charge in [-0.1, -0.05) is 12.1 Å². The summed E-state index contributed by atoms with van der Waals surface area (Å²) in [6, 6.07) is 6.37. The average molecular weight is 263 g/mol. The van der Waals surface area contributed by atoms with Gasteiger partial charge in [0.1, 0.15) is 0 Å². The molecule has 0 spiro atoms. The molecule has 2 rings (SSSR count). The zero-order chi connectivity index (χ0) is 13.1. The highest BCUT2D eigenvalue weighted by Gasteiger charge is 2.16. The normalized spacial score (nSPS) is 10.0. The average Bonchev–Trinajstić information content (AvgIpc) is 2.76. The van der Waals surface area contributed by atoms with Gasteiger partial charge >= 0.3 is 0 Å². The van der Waals surface area contributed by atoms with Crippen LogP contribution in [0, 0.1) is 10.1 Å². The zero-order valence-electron chi connectivity index (χ0n) is 9.11. The highest BCUT2D eigenvalue weighted by atomic mass is 32.1. The van der Waals surface area contributed by atoms with Crippen LogP contribution in [0.2, 0.25) is 0 Å². The first kappa shape index (κ1) is 12.0. The van der Waals surface area contributed by atoms with E-state index in [9.17, 15) is 10.1 Å². The van der Waals surface area contributed by atoms with E-state index in [1.54, 1.807) is 23.6 Å². The Kier molecular flexibility index (Phi) is 3.20. The smallest absolute Gasteiger partial charge is 0.278 e. The largest absolute Gasteiger partial charge is 0.370 e. The molecule has 8 heteroatoms. The first-order valence-corrected chi connectivity index (χ1v) is 5.75. The predicted octanol–water partition coefficient (Wildman–Crippen LogP) is 1.62. The standard InChI is InChI=1S/C10H9N5O2S/c11-9(12)14-10-13-7(5-18-10)6-3-1-2-4-8(6)15(16)17/h1-5H,(H4,11,12,13,14). The molecule has 1 heterocycles. The van der Waals surface area contributed by atoms with Crippen molar-refractivity contribution >= 4 is 28.1 Å². The minimum atomic E-state index is -0.449. The van der Waals surface area contributed by atoms with Crippen LogP contribution in [-0.2, 0) is 0 Å². The van der Waals surface area contributed by atoms with E-state index in [0.29, 0.717) is 16.4 Å². The van der Waals surface area contributed by atoms with E-state index in [4.69, 9.17) is 11.5 Å². The molecule has 0 bridgehead atoms. The summed E-state index contributed by atoms with van der Waals surface area (Å²) in [5.74, 6) is -0.0986. The minimum Gasteiger partial charge on any atom is -0.370 e. The van der Waals surface area contributed by atoms with Crippen LogP contribution in [0.4, 0.5) is 10.8 Å². The van der Waals surface area contributed by atoms with Crippen molar-refractivity contribution in [2.75, 3.05) is 0 Å². The molecule has 0 radical (unpaired) electrons. The lowest BCUT2D eigenvalue weighted by Gasteiger charge is -1.98. The summed E-state index contributed by atoms with van der Waals surface area (Å²) in [6.07, 6.45) is 0. The number of nitrogens with two attached hydrogens (primary N) is 2. The summed E-state index contributed by atoms with van der Waals surface area (Å²) in [5.41, 5.74) is 11.4. The first-order valence-electron chi connectivity index (χ1n) is 4.87. The predicted molar refractivity (Wildman–Crippen MR) is 69.7 cm³/mol. The van der Waals surface area contributed by atoms with Crippen molar-refractivity contribution in [1.82, 2.24) is 4.98 Å². The second kappa shape index (κ2) is 4.80. The van der Waals surface area contributed by atoms with Crippen LogP contribution in [0.1, 0.15) is 0 Å². The van der Waals surface area contributed by atoms with Crippen LogP contribution in [0.15, 0.2) is 34.6 Å². The summed E-state index contributed by atoms with van der Waals surface area (Å²) in [4.78, 5) is 18.4. The van der Waals surface area contributed by atoms with Gasteiger partial charge in [-0.05, 0) is 6.07 Å². The third-order valence-corrected chi connectivity index (χ3v) is 2.83. The van der Waals surface area contributed by atoms with Gasteiger partial charge in [-0.25, -0.2) is 4.98 Å². The van der Waals surface area contributed by atoms with Gasteiger partial charge in [0.25, 0.3) is 5.69 Å². The van der Waals surface area contributed by atoms with Crippen molar-refractivity contribution in [2.45, 2.75) is 0 Å². The molecule has 2 aromatic rings. The van der Waals surface area contributed by atoms with E-state index in [0.717, 1.165) is 0 Å². The van der Waals surface area contributed by atoms with E-state index in [1.807, 2.05) is 0 Å². The second-order valence-electron chi connectivity index (χ2n) is 3.33. The third kappa shape index (κ3) is 2.43. The summed E-state index contributed by atoms with van der Waals surface area (Å²) < 4.78 is 0. The second-order valence-corrected chi connectivity index (χ2v) is 4.16. The number of thiazole rings is 1. The molecule has 1 aromatic heterocycles. The Labute approximate surface area is 106 Å². The molecule has 0 aliphatic rings. The van der Waals surface area contributed by atoms with Crippen molar-refractivity contribution < 1.29 is 4.92 Å². The minimum absolute atomic E-state index is 0.000880. The molecular formula is C10H9N5O2S. The van der Waals surface area contributed by atoms with Crippen LogP contribution in [0.25, 0.3) is 11.3 Å². The first-order chi connectivity index (χ1) is 8.58. The van der Waals surface area contributed by atoms with E-state index in [-0.39, 0.29) is 11.6 Å². The van der Waals surface area contributed by atoms with Crippen molar-refractivity contribution in [1.29, 1.82) is 0 Å². The number of guanidine groups is 1. The monoisotopic (exact) mass is 263 g/mol. The number of hydrogen-bond donors (Lipinski definition) is 2. The van der Waals surface area contributed by atoms with E-state index in [2.05, 4.69) is 9.98 Å². The summed E-state index contributed by atoms with van der Waals surface area (Å²) in [6.45, 7) is 0. The molecule has 18 heavy (non-hydrogen) atoms. The van der Waals surface area contributed by atoms with Crippen LogP contribution in [0.5, 0.6) is 0 Å². The molecule has 0 saturated carbocycles. The van der Waals surface area contributed by atoms with Crippen LogP contribution in [-0.4, -0.2) is 15.9 Å². The van der Waals surface area contributed by atoms with Gasteiger partial charge in [0.15, 0.2) is 5.96 Å². The molecule has 0 aliphatic carbocycles. The number of para-hydroxylation sites is 1. The van der Waals surface area contributed by atoms with E-state index >= 15 is 0 Å². The maximum atomic E-state index is 10.9. The van der Waals surface area contributed by atoms with E-state index < -0.39 is 4.92 Å². The number of rotatable bonds is 3. The number of aliphatic imine (C=N–C) groups is 1. The van der Waals surface area contributed by atoms with Crippen molar-refractivity contribution in [3.05, 3.63) is 39.8 Å². The fraction of sp³-hybridized carbons (Fsp3) is 0. The number of aromatic nitrogens is 1. The van der Waals surface area contributed by atoms with Gasteiger partial charge < -0.3 is 11.5 Å². The fourth-order valence-corrected chi connectivity index (χ4v) is 2.11. The molecule has 4 N–H and O–H groups in total. The molecular weight excluding hydrogens is 254 g/mol. The SMILES string of the molecule is NC(N)=Nc1nc(-c2ccccc2[N+](=O)[O-])cs1. The maximum Gasteiger partial charge on any atom is 0.278 e. The maximum absolute atomic E-state index is 10.9.